The number of halogens is 1. The molecule has 2 rings (SSSR count). The fourth-order valence-electron chi connectivity index (χ4n) is 1.48. The molecule has 1 fully saturated rings. The molecular formula is C11H12BrNO3. The molecule has 1 aromatic heterocycles. The third-order valence-electron chi connectivity index (χ3n) is 2.50. The van der Waals surface area contributed by atoms with E-state index in [0.717, 1.165) is 12.1 Å². The molecule has 16 heavy (non-hydrogen) atoms. The van der Waals surface area contributed by atoms with Crippen LogP contribution in [0.15, 0.2) is 10.5 Å². The van der Waals surface area contributed by atoms with Crippen molar-refractivity contribution in [1.82, 2.24) is 4.98 Å². The number of aryl methyl sites for hydroxylation is 1. The molecule has 1 aliphatic rings. The van der Waals surface area contributed by atoms with E-state index in [1.54, 1.807) is 13.2 Å². The maximum atomic E-state index is 11.2. The van der Waals surface area contributed by atoms with Gasteiger partial charge in [0, 0.05) is 18.2 Å². The van der Waals surface area contributed by atoms with Gasteiger partial charge in [-0.1, -0.05) is 0 Å². The van der Waals surface area contributed by atoms with Crippen LogP contribution in [0.5, 0.6) is 11.6 Å². The van der Waals surface area contributed by atoms with Crippen molar-refractivity contribution in [3.05, 3.63) is 16.2 Å². The van der Waals surface area contributed by atoms with Gasteiger partial charge < -0.3 is 9.47 Å². The summed E-state index contributed by atoms with van der Waals surface area (Å²) in [6.45, 7) is 1.85. The first-order valence-corrected chi connectivity index (χ1v) is 5.81. The number of Topliss-reactive ketones (excluding diaryl/α,β-unsaturated/α-hetero) is 1. The Morgan fingerprint density at radius 1 is 1.56 bits per heavy atom. The number of aromatic nitrogens is 1. The minimum atomic E-state index is -0.303. The SMILES string of the molecule is COc1nc(C)cc(OC2CCC2=O)c1Br. The number of hydrogen-bond acceptors (Lipinski definition) is 4. The Hall–Kier alpha value is -1.10. The van der Waals surface area contributed by atoms with E-state index in [9.17, 15) is 4.79 Å². The van der Waals surface area contributed by atoms with E-state index in [1.807, 2.05) is 6.92 Å². The first-order valence-electron chi connectivity index (χ1n) is 5.02. The first-order chi connectivity index (χ1) is 7.61. The van der Waals surface area contributed by atoms with Crippen LogP contribution in [-0.2, 0) is 4.79 Å². The summed E-state index contributed by atoms with van der Waals surface area (Å²) in [6, 6.07) is 1.79. The van der Waals surface area contributed by atoms with Crippen LogP contribution < -0.4 is 9.47 Å². The minimum absolute atomic E-state index is 0.153. The number of carbonyl (C=O) groups is 1. The number of nitrogens with zero attached hydrogens (tertiary/aromatic N) is 1. The highest BCUT2D eigenvalue weighted by molar-refractivity contribution is 9.10. The third kappa shape index (κ3) is 2.04. The minimum Gasteiger partial charge on any atom is -0.481 e. The molecule has 0 spiro atoms. The van der Waals surface area contributed by atoms with Crippen LogP contribution in [0.2, 0.25) is 0 Å². The summed E-state index contributed by atoms with van der Waals surface area (Å²) < 4.78 is 11.4. The van der Waals surface area contributed by atoms with Gasteiger partial charge in [0.15, 0.2) is 11.9 Å². The van der Waals surface area contributed by atoms with Crippen LogP contribution in [0.4, 0.5) is 0 Å². The van der Waals surface area contributed by atoms with Crippen molar-refractivity contribution in [3.8, 4) is 11.6 Å². The Labute approximate surface area is 102 Å². The molecular weight excluding hydrogens is 274 g/mol. The summed E-state index contributed by atoms with van der Waals surface area (Å²) in [5.74, 6) is 1.24. The quantitative estimate of drug-likeness (QED) is 0.855. The average Bonchev–Trinajstić information content (AvgIpc) is 2.27. The molecule has 0 bridgehead atoms. The molecule has 1 heterocycles. The number of ketones is 1. The zero-order chi connectivity index (χ0) is 11.7. The normalized spacial score (nSPS) is 19.2. The van der Waals surface area contributed by atoms with Crippen molar-refractivity contribution in [2.24, 2.45) is 0 Å². The second-order valence-electron chi connectivity index (χ2n) is 3.70. The first kappa shape index (κ1) is 11.4. The zero-order valence-corrected chi connectivity index (χ0v) is 10.7. The molecule has 0 amide bonds. The Morgan fingerprint density at radius 3 is 2.81 bits per heavy atom. The molecule has 0 aromatic carbocycles. The Morgan fingerprint density at radius 2 is 2.31 bits per heavy atom. The Balaban J connectivity index is 2.25. The second kappa shape index (κ2) is 4.41. The highest BCUT2D eigenvalue weighted by atomic mass is 79.9. The van der Waals surface area contributed by atoms with E-state index in [-0.39, 0.29) is 11.9 Å². The number of hydrogen-bond donors (Lipinski definition) is 0. The summed E-state index contributed by atoms with van der Waals surface area (Å²) in [7, 11) is 1.55. The van der Waals surface area contributed by atoms with Crippen molar-refractivity contribution < 1.29 is 14.3 Å². The molecule has 5 heteroatoms. The fourth-order valence-corrected chi connectivity index (χ4v) is 1.94. The van der Waals surface area contributed by atoms with Gasteiger partial charge in [-0.05, 0) is 29.3 Å². The predicted octanol–water partition coefficient (Wildman–Crippen LogP) is 2.27. The van der Waals surface area contributed by atoms with Crippen LogP contribution >= 0.6 is 15.9 Å². The Bertz CT molecular complexity index is 433. The molecule has 1 aliphatic carbocycles. The molecule has 4 nitrogen and oxygen atoms in total. The van der Waals surface area contributed by atoms with Crippen LogP contribution in [-0.4, -0.2) is 24.0 Å². The summed E-state index contributed by atoms with van der Waals surface area (Å²) in [6.07, 6.45) is 1.10. The van der Waals surface area contributed by atoms with Crippen molar-refractivity contribution in [2.45, 2.75) is 25.9 Å². The number of rotatable bonds is 3. The molecule has 1 aromatic rings. The number of methoxy groups -OCH3 is 1. The molecule has 0 radical (unpaired) electrons. The summed E-state index contributed by atoms with van der Waals surface area (Å²) in [5.41, 5.74) is 0.793. The maximum Gasteiger partial charge on any atom is 0.231 e. The van der Waals surface area contributed by atoms with Crippen molar-refractivity contribution in [3.63, 3.8) is 0 Å². The lowest BCUT2D eigenvalue weighted by molar-refractivity contribution is -0.133. The predicted molar refractivity (Wildman–Crippen MR) is 61.9 cm³/mol. The lowest BCUT2D eigenvalue weighted by Crippen LogP contribution is -2.36. The van der Waals surface area contributed by atoms with Gasteiger partial charge in [0.25, 0.3) is 0 Å². The zero-order valence-electron chi connectivity index (χ0n) is 9.12. The van der Waals surface area contributed by atoms with Crippen LogP contribution in [0, 0.1) is 6.92 Å². The standard InChI is InChI=1S/C11H12BrNO3/c1-6-5-9(10(12)11(13-6)15-2)16-8-4-3-7(8)14/h5,8H,3-4H2,1-2H3. The van der Waals surface area contributed by atoms with Gasteiger partial charge >= 0.3 is 0 Å². The molecule has 86 valence electrons. The highest BCUT2D eigenvalue weighted by Gasteiger charge is 2.31. The largest absolute Gasteiger partial charge is 0.481 e. The molecule has 0 saturated heterocycles. The van der Waals surface area contributed by atoms with E-state index in [2.05, 4.69) is 20.9 Å². The molecule has 1 atom stereocenters. The molecule has 0 N–H and O–H groups in total. The number of ether oxygens (including phenoxy) is 2. The highest BCUT2D eigenvalue weighted by Crippen LogP contribution is 2.35. The van der Waals surface area contributed by atoms with Gasteiger partial charge in [-0.15, -0.1) is 0 Å². The van der Waals surface area contributed by atoms with Gasteiger partial charge in [-0.2, -0.15) is 0 Å². The average molecular weight is 286 g/mol. The van der Waals surface area contributed by atoms with Crippen molar-refractivity contribution in [2.75, 3.05) is 7.11 Å². The van der Waals surface area contributed by atoms with Crippen molar-refractivity contribution in [1.29, 1.82) is 0 Å². The van der Waals surface area contributed by atoms with Gasteiger partial charge in [0.1, 0.15) is 10.2 Å². The van der Waals surface area contributed by atoms with Gasteiger partial charge in [0.2, 0.25) is 5.88 Å². The number of pyridine rings is 1. The Kier molecular flexibility index (Phi) is 3.14. The fraction of sp³-hybridized carbons (Fsp3) is 0.455. The summed E-state index contributed by atoms with van der Waals surface area (Å²) in [4.78, 5) is 15.4. The van der Waals surface area contributed by atoms with Gasteiger partial charge in [-0.25, -0.2) is 4.98 Å². The molecule has 1 unspecified atom stereocenters. The van der Waals surface area contributed by atoms with E-state index in [0.29, 0.717) is 22.5 Å². The van der Waals surface area contributed by atoms with Crippen LogP contribution in [0.25, 0.3) is 0 Å². The van der Waals surface area contributed by atoms with Crippen molar-refractivity contribution >= 4 is 21.7 Å². The monoisotopic (exact) mass is 285 g/mol. The third-order valence-corrected chi connectivity index (χ3v) is 3.23. The van der Waals surface area contributed by atoms with Gasteiger partial charge in [-0.3, -0.25) is 4.79 Å². The summed E-state index contributed by atoms with van der Waals surface area (Å²) in [5, 5.41) is 0. The lowest BCUT2D eigenvalue weighted by atomic mass is 9.94. The summed E-state index contributed by atoms with van der Waals surface area (Å²) >= 11 is 3.35. The smallest absolute Gasteiger partial charge is 0.231 e. The van der Waals surface area contributed by atoms with Gasteiger partial charge in [0.05, 0.1) is 7.11 Å². The topological polar surface area (TPSA) is 48.4 Å². The van der Waals surface area contributed by atoms with Crippen LogP contribution in [0.1, 0.15) is 18.5 Å². The lowest BCUT2D eigenvalue weighted by Gasteiger charge is -2.25. The van der Waals surface area contributed by atoms with Crippen LogP contribution in [0.3, 0.4) is 0 Å². The maximum absolute atomic E-state index is 11.2. The molecule has 0 aliphatic heterocycles. The molecule has 1 saturated carbocycles. The van der Waals surface area contributed by atoms with E-state index in [1.165, 1.54) is 0 Å². The van der Waals surface area contributed by atoms with E-state index >= 15 is 0 Å². The van der Waals surface area contributed by atoms with E-state index < -0.39 is 0 Å². The second-order valence-corrected chi connectivity index (χ2v) is 4.49. The number of carbonyl (C=O) groups excluding carboxylic acids is 1. The van der Waals surface area contributed by atoms with E-state index in [4.69, 9.17) is 9.47 Å².